The second kappa shape index (κ2) is 10.6. The van der Waals surface area contributed by atoms with Gasteiger partial charge in [0.1, 0.15) is 28.5 Å². The van der Waals surface area contributed by atoms with Crippen molar-refractivity contribution < 1.29 is 23.7 Å². The number of ether oxygens (including phenoxy) is 1. The summed E-state index contributed by atoms with van der Waals surface area (Å²) in [4.78, 5) is 36.3. The topological polar surface area (TPSA) is 147 Å². The number of nitro groups is 1. The highest BCUT2D eigenvalue weighted by Gasteiger charge is 2.23. The number of allylic oxidation sites excluding steroid dienone is 1. The van der Waals surface area contributed by atoms with Gasteiger partial charge in [-0.05, 0) is 38.5 Å². The van der Waals surface area contributed by atoms with Crippen molar-refractivity contribution in [1.29, 1.82) is 10.5 Å². The summed E-state index contributed by atoms with van der Waals surface area (Å²) in [5.41, 5.74) is 1.38. The Bertz CT molecular complexity index is 1450. The van der Waals surface area contributed by atoms with Crippen LogP contribution in [0.15, 0.2) is 40.3 Å². The molecular formula is C25H19N3O6S. The number of esters is 1. The molecule has 0 radical (unpaired) electrons. The Morgan fingerprint density at radius 1 is 1.23 bits per heavy atom. The molecule has 2 heterocycles. The molecule has 0 bridgehead atoms. The van der Waals surface area contributed by atoms with Crippen molar-refractivity contribution in [2.24, 2.45) is 0 Å². The SMILES string of the molecule is CCOC(=O)c1sc(CC(=O)/C(C#N)=C/c2ccc(-c3ccc(C)c([N+](=O)[O-])c3)o2)c(C#N)c1C. The first kappa shape index (κ1) is 25.1. The molecule has 2 aromatic heterocycles. The van der Waals surface area contributed by atoms with E-state index in [4.69, 9.17) is 9.15 Å². The lowest BCUT2D eigenvalue weighted by Gasteiger charge is -2.01. The molecule has 0 amide bonds. The maximum atomic E-state index is 12.8. The largest absolute Gasteiger partial charge is 0.462 e. The Hall–Kier alpha value is -4.54. The van der Waals surface area contributed by atoms with Crippen molar-refractivity contribution in [3.8, 4) is 23.5 Å². The summed E-state index contributed by atoms with van der Waals surface area (Å²) in [5.74, 6) is -0.572. The van der Waals surface area contributed by atoms with Gasteiger partial charge in [0.2, 0.25) is 0 Å². The molecule has 10 heteroatoms. The Labute approximate surface area is 204 Å². The van der Waals surface area contributed by atoms with Crippen LogP contribution in [-0.4, -0.2) is 23.3 Å². The normalized spacial score (nSPS) is 10.9. The fourth-order valence-electron chi connectivity index (χ4n) is 3.34. The quantitative estimate of drug-likeness (QED) is 0.136. The highest BCUT2D eigenvalue weighted by atomic mass is 32.1. The highest BCUT2D eigenvalue weighted by molar-refractivity contribution is 7.14. The third-order valence-electron chi connectivity index (χ3n) is 5.14. The molecule has 0 unspecified atom stereocenters. The molecule has 0 N–H and O–H groups in total. The van der Waals surface area contributed by atoms with Gasteiger partial charge in [-0.15, -0.1) is 11.3 Å². The Kier molecular flexibility index (Phi) is 7.59. The van der Waals surface area contributed by atoms with Crippen molar-refractivity contribution >= 4 is 34.9 Å². The predicted octanol–water partition coefficient (Wildman–Crippen LogP) is 5.30. The second-order valence-electron chi connectivity index (χ2n) is 7.42. The molecule has 0 aliphatic carbocycles. The van der Waals surface area contributed by atoms with Gasteiger partial charge in [0.15, 0.2) is 5.78 Å². The first-order chi connectivity index (χ1) is 16.7. The van der Waals surface area contributed by atoms with Crippen LogP contribution < -0.4 is 0 Å². The average Bonchev–Trinajstić information content (AvgIpc) is 3.41. The van der Waals surface area contributed by atoms with Crippen LogP contribution in [0.4, 0.5) is 5.69 Å². The fraction of sp³-hybridized carbons (Fsp3) is 0.200. The first-order valence-corrected chi connectivity index (χ1v) is 11.2. The zero-order valence-electron chi connectivity index (χ0n) is 19.1. The minimum absolute atomic E-state index is 0.0504. The molecule has 176 valence electrons. The molecule has 0 atom stereocenters. The summed E-state index contributed by atoms with van der Waals surface area (Å²) >= 11 is 0.994. The maximum absolute atomic E-state index is 12.8. The Morgan fingerprint density at radius 2 is 1.97 bits per heavy atom. The molecule has 0 saturated carbocycles. The number of Topliss-reactive ketones (excluding diaryl/α,β-unsaturated/α-hetero) is 1. The van der Waals surface area contributed by atoms with Crippen LogP contribution in [0.5, 0.6) is 0 Å². The smallest absolute Gasteiger partial charge is 0.348 e. The number of carbonyl (C=O) groups is 2. The van der Waals surface area contributed by atoms with Crippen LogP contribution in [0.2, 0.25) is 0 Å². The third kappa shape index (κ3) is 5.35. The van der Waals surface area contributed by atoms with E-state index in [1.165, 1.54) is 12.1 Å². The van der Waals surface area contributed by atoms with Crippen molar-refractivity contribution in [3.63, 3.8) is 0 Å². The summed E-state index contributed by atoms with van der Waals surface area (Å²) < 4.78 is 10.7. The molecular weight excluding hydrogens is 470 g/mol. The number of rotatable bonds is 8. The number of carbonyl (C=O) groups excluding carboxylic acids is 2. The summed E-state index contributed by atoms with van der Waals surface area (Å²) in [6.07, 6.45) is 1.03. The van der Waals surface area contributed by atoms with Gasteiger partial charge >= 0.3 is 5.97 Å². The van der Waals surface area contributed by atoms with Gasteiger partial charge in [0, 0.05) is 34.6 Å². The molecule has 0 fully saturated rings. The number of thiophene rings is 1. The summed E-state index contributed by atoms with van der Waals surface area (Å²) in [5, 5.41) is 30.3. The van der Waals surface area contributed by atoms with Crippen molar-refractivity contribution in [2.45, 2.75) is 27.2 Å². The number of hydrogen-bond donors (Lipinski definition) is 0. The van der Waals surface area contributed by atoms with E-state index < -0.39 is 16.7 Å². The van der Waals surface area contributed by atoms with Gasteiger partial charge in [-0.3, -0.25) is 14.9 Å². The van der Waals surface area contributed by atoms with Gasteiger partial charge in [0.05, 0.1) is 22.7 Å². The first-order valence-electron chi connectivity index (χ1n) is 10.4. The Morgan fingerprint density at radius 3 is 2.60 bits per heavy atom. The van der Waals surface area contributed by atoms with E-state index in [0.29, 0.717) is 27.3 Å². The number of furan rings is 1. The molecule has 0 aliphatic rings. The Balaban J connectivity index is 1.87. The van der Waals surface area contributed by atoms with Crippen LogP contribution in [0.3, 0.4) is 0 Å². The number of aryl methyl sites for hydroxylation is 1. The second-order valence-corrected chi connectivity index (χ2v) is 8.52. The van der Waals surface area contributed by atoms with Crippen molar-refractivity contribution in [1.82, 2.24) is 0 Å². The molecule has 0 spiro atoms. The number of nitriles is 2. The van der Waals surface area contributed by atoms with Gasteiger partial charge in [-0.1, -0.05) is 12.1 Å². The van der Waals surface area contributed by atoms with E-state index in [2.05, 4.69) is 0 Å². The monoisotopic (exact) mass is 489 g/mol. The van der Waals surface area contributed by atoms with E-state index in [-0.39, 0.29) is 40.5 Å². The average molecular weight is 490 g/mol. The van der Waals surface area contributed by atoms with Crippen LogP contribution >= 0.6 is 11.3 Å². The summed E-state index contributed by atoms with van der Waals surface area (Å²) in [7, 11) is 0. The summed E-state index contributed by atoms with van der Waals surface area (Å²) in [6, 6.07) is 11.7. The lowest BCUT2D eigenvalue weighted by atomic mass is 10.0. The molecule has 9 nitrogen and oxygen atoms in total. The van der Waals surface area contributed by atoms with E-state index >= 15 is 0 Å². The van der Waals surface area contributed by atoms with Crippen LogP contribution in [0, 0.1) is 46.6 Å². The molecule has 0 saturated heterocycles. The van der Waals surface area contributed by atoms with Gasteiger partial charge in [-0.2, -0.15) is 10.5 Å². The number of benzene rings is 1. The third-order valence-corrected chi connectivity index (χ3v) is 6.41. The van der Waals surface area contributed by atoms with Crippen molar-refractivity contribution in [3.05, 3.63) is 78.2 Å². The van der Waals surface area contributed by atoms with Gasteiger partial charge in [0.25, 0.3) is 5.69 Å². The minimum Gasteiger partial charge on any atom is -0.462 e. The fourth-order valence-corrected chi connectivity index (χ4v) is 4.49. The van der Waals surface area contributed by atoms with Crippen LogP contribution in [0.1, 0.15) is 43.9 Å². The number of ketones is 1. The molecule has 35 heavy (non-hydrogen) atoms. The maximum Gasteiger partial charge on any atom is 0.348 e. The number of nitrogens with zero attached hydrogens (tertiary/aromatic N) is 3. The van der Waals surface area contributed by atoms with E-state index in [9.17, 15) is 30.2 Å². The lowest BCUT2D eigenvalue weighted by Crippen LogP contribution is -2.05. The van der Waals surface area contributed by atoms with Crippen LogP contribution in [0.25, 0.3) is 17.4 Å². The van der Waals surface area contributed by atoms with E-state index in [1.54, 1.807) is 45.0 Å². The van der Waals surface area contributed by atoms with E-state index in [0.717, 1.165) is 11.3 Å². The lowest BCUT2D eigenvalue weighted by molar-refractivity contribution is -0.385. The van der Waals surface area contributed by atoms with Gasteiger partial charge in [-0.25, -0.2) is 4.79 Å². The zero-order valence-corrected chi connectivity index (χ0v) is 19.9. The summed E-state index contributed by atoms with van der Waals surface area (Å²) in [6.45, 7) is 5.08. The highest BCUT2D eigenvalue weighted by Crippen LogP contribution is 2.31. The van der Waals surface area contributed by atoms with E-state index in [1.807, 2.05) is 12.1 Å². The molecule has 1 aromatic carbocycles. The molecule has 0 aliphatic heterocycles. The minimum atomic E-state index is -0.569. The predicted molar refractivity (Wildman–Crippen MR) is 128 cm³/mol. The van der Waals surface area contributed by atoms with Crippen molar-refractivity contribution in [2.75, 3.05) is 6.61 Å². The number of hydrogen-bond acceptors (Lipinski definition) is 9. The number of nitro benzene ring substituents is 1. The molecule has 3 rings (SSSR count). The standard InChI is InChI=1S/C25H19N3O6S/c1-4-33-25(30)24-15(3)19(13-27)23(35-24)11-21(29)17(12-26)9-18-7-8-22(34-18)16-6-5-14(2)20(10-16)28(31)32/h5-10H,4,11H2,1-3H3/b17-9+. The zero-order chi connectivity index (χ0) is 25.7. The van der Waals surface area contributed by atoms with Gasteiger partial charge < -0.3 is 9.15 Å². The van der Waals surface area contributed by atoms with Crippen LogP contribution in [-0.2, 0) is 16.0 Å². The molecule has 3 aromatic rings.